The summed E-state index contributed by atoms with van der Waals surface area (Å²) < 4.78 is 13.7. The fourth-order valence-corrected chi connectivity index (χ4v) is 11.5. The Morgan fingerprint density at radius 3 is 1.39 bits per heavy atom. The van der Waals surface area contributed by atoms with Crippen LogP contribution in [0.2, 0.25) is 10.0 Å². The molecule has 2 heterocycles. The van der Waals surface area contributed by atoms with E-state index in [0.29, 0.717) is 49.8 Å². The van der Waals surface area contributed by atoms with Gasteiger partial charge in [-0.15, -0.1) is 0 Å². The van der Waals surface area contributed by atoms with Crippen molar-refractivity contribution in [1.82, 2.24) is 10.3 Å². The first-order valence-electron chi connectivity index (χ1n) is 24.7. The molecule has 2 fully saturated rings. The molecular formula is C57H76Cl2N4O6. The Bertz CT molecular complexity index is 2480. The van der Waals surface area contributed by atoms with E-state index in [9.17, 15) is 9.59 Å². The molecule has 374 valence electrons. The van der Waals surface area contributed by atoms with E-state index in [0.717, 1.165) is 25.7 Å². The van der Waals surface area contributed by atoms with Gasteiger partial charge in [0, 0.05) is 58.7 Å². The SMILES string of the molecule is CC(=O)NC1=N/C(=C\c2[nH]c(NC(C)=O)c(C(=O)OC3C(C(C)(C)C)CC(C)CC3C(C)(C)C)c2-c2ccc(Cl)cc2)C(c2ccc(Cl)cc2)=C1C(=O)OC1C(C(C)(C)C)CC(C)CC1C(C)(C)C. The predicted octanol–water partition coefficient (Wildman–Crippen LogP) is 14.2. The number of esters is 2. The second kappa shape index (κ2) is 20.2. The fourth-order valence-electron chi connectivity index (χ4n) is 11.2. The average molecular weight is 984 g/mol. The van der Waals surface area contributed by atoms with Crippen LogP contribution in [0.15, 0.2) is 64.8 Å². The van der Waals surface area contributed by atoms with Crippen molar-refractivity contribution in [2.24, 2.45) is 62.2 Å². The topological polar surface area (TPSA) is 139 Å². The third-order valence-electron chi connectivity index (χ3n) is 14.7. The minimum atomic E-state index is -0.616. The summed E-state index contributed by atoms with van der Waals surface area (Å²) in [4.78, 5) is 65.0. The Labute approximate surface area is 421 Å². The number of halogens is 2. The van der Waals surface area contributed by atoms with Gasteiger partial charge in [0.25, 0.3) is 0 Å². The lowest BCUT2D eigenvalue weighted by atomic mass is 9.59. The van der Waals surface area contributed by atoms with Crippen LogP contribution in [-0.2, 0) is 23.9 Å². The molecule has 0 radical (unpaired) electrons. The number of anilines is 1. The van der Waals surface area contributed by atoms with E-state index in [2.05, 4.69) is 113 Å². The molecule has 12 heteroatoms. The zero-order valence-corrected chi connectivity index (χ0v) is 45.3. The standard InChI is InChI=1S/C57H76Cl2N4O6/c1-30-25-38(54(5,6)7)48(39(26-30)55(8,9)10)68-52(66)46-44(34-17-21-36(58)22-18-34)42(62-50(46)60-32(3)64)29-43-45(35-19-23-37(59)24-20-35)47(51(63-43)61-33(4)65)53(67)69-49-40(56(11,12)13)27-31(2)28-41(49)57(14,15)16/h17-24,29-31,38-41,48-49,62H,25-28H2,1-16H3,(H,60,64)(H,61,63,65)/b43-29-. The van der Waals surface area contributed by atoms with E-state index in [1.807, 2.05) is 12.1 Å². The van der Waals surface area contributed by atoms with Gasteiger partial charge < -0.3 is 25.1 Å². The van der Waals surface area contributed by atoms with E-state index < -0.39 is 36.0 Å². The smallest absolute Gasteiger partial charge is 0.342 e. The monoisotopic (exact) mass is 983 g/mol. The number of allylic oxidation sites excluding steroid dienone is 1. The maximum Gasteiger partial charge on any atom is 0.342 e. The Balaban J connectivity index is 1.61. The molecule has 0 spiro atoms. The summed E-state index contributed by atoms with van der Waals surface area (Å²) in [6.45, 7) is 33.7. The summed E-state index contributed by atoms with van der Waals surface area (Å²) in [7, 11) is 0. The van der Waals surface area contributed by atoms with Gasteiger partial charge in [-0.25, -0.2) is 14.6 Å². The zero-order valence-electron chi connectivity index (χ0n) is 43.8. The highest BCUT2D eigenvalue weighted by Gasteiger charge is 2.50. The van der Waals surface area contributed by atoms with Gasteiger partial charge in [-0.05, 0) is 101 Å². The van der Waals surface area contributed by atoms with Gasteiger partial charge in [0.2, 0.25) is 11.8 Å². The molecule has 69 heavy (non-hydrogen) atoms. The second-order valence-corrected chi connectivity index (χ2v) is 25.4. The van der Waals surface area contributed by atoms with Crippen molar-refractivity contribution < 1.29 is 28.7 Å². The molecule has 2 saturated carbocycles. The molecule has 10 nitrogen and oxygen atoms in total. The Kier molecular flexibility index (Phi) is 15.7. The summed E-state index contributed by atoms with van der Waals surface area (Å²) in [6.07, 6.45) is 4.45. The molecule has 1 aromatic heterocycles. The van der Waals surface area contributed by atoms with Crippen molar-refractivity contribution in [3.8, 4) is 11.1 Å². The molecule has 4 atom stereocenters. The molecule has 1 aliphatic heterocycles. The van der Waals surface area contributed by atoms with Crippen molar-refractivity contribution in [2.75, 3.05) is 5.32 Å². The van der Waals surface area contributed by atoms with Crippen LogP contribution >= 0.6 is 23.2 Å². The minimum absolute atomic E-state index is 0.0294. The fraction of sp³-hybridized carbons (Fsp3) is 0.561. The van der Waals surface area contributed by atoms with E-state index in [1.165, 1.54) is 13.8 Å². The number of aliphatic imine (C=N–C) groups is 1. The van der Waals surface area contributed by atoms with Crippen molar-refractivity contribution >= 4 is 70.3 Å². The summed E-state index contributed by atoms with van der Waals surface area (Å²) in [5.74, 6) is -0.806. The quantitative estimate of drug-likeness (QED) is 0.192. The number of aromatic amines is 1. The number of aromatic nitrogens is 1. The van der Waals surface area contributed by atoms with Crippen LogP contribution in [0.5, 0.6) is 0 Å². The lowest BCUT2D eigenvalue weighted by molar-refractivity contribution is -0.164. The van der Waals surface area contributed by atoms with E-state index in [1.54, 1.807) is 42.5 Å². The van der Waals surface area contributed by atoms with Gasteiger partial charge >= 0.3 is 11.9 Å². The molecule has 2 aromatic carbocycles. The van der Waals surface area contributed by atoms with Gasteiger partial charge in [0.05, 0.1) is 11.4 Å². The van der Waals surface area contributed by atoms with Crippen LogP contribution in [0.1, 0.15) is 158 Å². The van der Waals surface area contributed by atoms with Crippen molar-refractivity contribution in [2.45, 2.75) is 149 Å². The molecule has 3 N–H and O–H groups in total. The van der Waals surface area contributed by atoms with Crippen molar-refractivity contribution in [3.63, 3.8) is 0 Å². The first-order chi connectivity index (χ1) is 31.8. The first kappa shape index (κ1) is 53.7. The molecular weight excluding hydrogens is 908 g/mol. The third-order valence-corrected chi connectivity index (χ3v) is 15.2. The number of nitrogens with zero attached hydrogens (tertiary/aromatic N) is 1. The third kappa shape index (κ3) is 12.3. The van der Waals surface area contributed by atoms with Crippen LogP contribution in [0.25, 0.3) is 22.8 Å². The molecule has 0 bridgehead atoms. The van der Waals surface area contributed by atoms with Crippen LogP contribution < -0.4 is 10.6 Å². The molecule has 6 rings (SSSR count). The van der Waals surface area contributed by atoms with E-state index >= 15 is 9.59 Å². The number of ether oxygens (including phenoxy) is 2. The minimum Gasteiger partial charge on any atom is -0.458 e. The molecule has 0 saturated heterocycles. The molecule has 4 unspecified atom stereocenters. The Morgan fingerprint density at radius 2 is 1.00 bits per heavy atom. The average Bonchev–Trinajstić information content (AvgIpc) is 3.74. The van der Waals surface area contributed by atoms with E-state index in [-0.39, 0.29) is 73.8 Å². The van der Waals surface area contributed by atoms with Crippen molar-refractivity contribution in [3.05, 3.63) is 86.7 Å². The number of H-pyrrole nitrogens is 1. The summed E-state index contributed by atoms with van der Waals surface area (Å²) in [6, 6.07) is 14.1. The summed E-state index contributed by atoms with van der Waals surface area (Å²) in [5.41, 5.74) is 2.19. The molecule has 3 aliphatic rings. The number of amides is 2. The number of carbonyl (C=O) groups excluding carboxylic acids is 4. The van der Waals surface area contributed by atoms with Crippen LogP contribution in [0.4, 0.5) is 5.82 Å². The number of rotatable bonds is 8. The maximum atomic E-state index is 15.3. The summed E-state index contributed by atoms with van der Waals surface area (Å²) >= 11 is 13.0. The van der Waals surface area contributed by atoms with Gasteiger partial charge in [0.1, 0.15) is 35.0 Å². The lowest BCUT2D eigenvalue weighted by Crippen LogP contribution is -2.50. The van der Waals surface area contributed by atoms with Crippen LogP contribution in [0.3, 0.4) is 0 Å². The largest absolute Gasteiger partial charge is 0.458 e. The van der Waals surface area contributed by atoms with E-state index in [4.69, 9.17) is 37.7 Å². The molecule has 2 aliphatic carbocycles. The van der Waals surface area contributed by atoms with Crippen molar-refractivity contribution in [1.29, 1.82) is 0 Å². The number of amidine groups is 1. The van der Waals surface area contributed by atoms with Crippen LogP contribution in [-0.4, -0.2) is 46.8 Å². The highest BCUT2D eigenvalue weighted by atomic mass is 35.5. The highest BCUT2D eigenvalue weighted by molar-refractivity contribution is 6.32. The number of hydrogen-bond acceptors (Lipinski definition) is 7. The van der Waals surface area contributed by atoms with Crippen LogP contribution in [0, 0.1) is 57.2 Å². The maximum absolute atomic E-state index is 15.3. The highest BCUT2D eigenvalue weighted by Crippen LogP contribution is 2.52. The molecule has 3 aromatic rings. The second-order valence-electron chi connectivity index (χ2n) is 24.6. The van der Waals surface area contributed by atoms with Gasteiger partial charge in [-0.3, -0.25) is 9.59 Å². The number of carbonyl (C=O) groups is 4. The summed E-state index contributed by atoms with van der Waals surface area (Å²) in [5, 5.41) is 6.72. The first-order valence-corrected chi connectivity index (χ1v) is 25.4. The molecule has 2 amide bonds. The Hall–Kier alpha value is -4.67. The number of hydrogen-bond donors (Lipinski definition) is 3. The Morgan fingerprint density at radius 1 is 0.609 bits per heavy atom. The number of benzene rings is 2. The van der Waals surface area contributed by atoms with Gasteiger partial charge in [-0.2, -0.15) is 0 Å². The number of nitrogens with one attached hydrogen (secondary N) is 3. The van der Waals surface area contributed by atoms with Gasteiger partial charge in [0.15, 0.2) is 0 Å². The predicted molar refractivity (Wildman–Crippen MR) is 281 cm³/mol. The lowest BCUT2D eigenvalue weighted by Gasteiger charge is -2.50. The normalized spacial score (nSPS) is 25.3. The van der Waals surface area contributed by atoms with Gasteiger partial charge in [-0.1, -0.05) is 144 Å². The zero-order chi connectivity index (χ0) is 51.3.